The zero-order valence-corrected chi connectivity index (χ0v) is 15.8. The highest BCUT2D eigenvalue weighted by Crippen LogP contribution is 2.36. The lowest BCUT2D eigenvalue weighted by atomic mass is 9.95. The molecule has 0 amide bonds. The summed E-state index contributed by atoms with van der Waals surface area (Å²) in [6.07, 6.45) is 14.1. The molecule has 0 bridgehead atoms. The molecular formula is C24H22OS. The second kappa shape index (κ2) is 8.65. The number of fused-ring (bicyclic) bond motifs is 1. The number of thiol groups is 1. The van der Waals surface area contributed by atoms with Gasteiger partial charge in [0, 0.05) is 4.91 Å². The highest BCUT2D eigenvalue weighted by molar-refractivity contribution is 7.84. The van der Waals surface area contributed by atoms with Crippen molar-refractivity contribution in [3.05, 3.63) is 87.9 Å². The van der Waals surface area contributed by atoms with Crippen molar-refractivity contribution in [1.29, 1.82) is 0 Å². The molecule has 1 nitrogen and oxygen atoms in total. The third-order valence-electron chi connectivity index (χ3n) is 4.60. The number of ether oxygens (including phenoxy) is 1. The molecule has 1 aliphatic rings. The van der Waals surface area contributed by atoms with Gasteiger partial charge in [-0.15, -0.1) is 19.1 Å². The van der Waals surface area contributed by atoms with Crippen LogP contribution in [0.4, 0.5) is 0 Å². The summed E-state index contributed by atoms with van der Waals surface area (Å²) in [4.78, 5) is 0.965. The Kier molecular flexibility index (Phi) is 6.04. The fourth-order valence-electron chi connectivity index (χ4n) is 3.28. The van der Waals surface area contributed by atoms with Gasteiger partial charge in [-0.1, -0.05) is 54.0 Å². The maximum Gasteiger partial charge on any atom is 0.119 e. The summed E-state index contributed by atoms with van der Waals surface area (Å²) in [5.41, 5.74) is 6.42. The first-order valence-corrected chi connectivity index (χ1v) is 9.12. The number of allylic oxidation sites excluding steroid dienone is 4. The minimum atomic E-state index is 0.863. The van der Waals surface area contributed by atoms with Crippen LogP contribution in [0.15, 0.2) is 71.2 Å². The van der Waals surface area contributed by atoms with Crippen LogP contribution in [0.3, 0.4) is 0 Å². The van der Waals surface area contributed by atoms with E-state index in [-0.39, 0.29) is 0 Å². The van der Waals surface area contributed by atoms with Crippen LogP contribution >= 0.6 is 12.6 Å². The van der Waals surface area contributed by atoms with Crippen molar-refractivity contribution in [2.45, 2.75) is 19.3 Å². The Labute approximate surface area is 161 Å². The number of terminal acetylenes is 1. The smallest absolute Gasteiger partial charge is 0.119 e. The summed E-state index contributed by atoms with van der Waals surface area (Å²) in [6.45, 7) is 0. The largest absolute Gasteiger partial charge is 0.497 e. The summed E-state index contributed by atoms with van der Waals surface area (Å²) < 4.78 is 5.36. The van der Waals surface area contributed by atoms with E-state index in [4.69, 9.17) is 11.2 Å². The molecule has 3 rings (SSSR count). The number of benzene rings is 2. The van der Waals surface area contributed by atoms with Crippen LogP contribution in [0.5, 0.6) is 5.75 Å². The Hall–Kier alpha value is -2.63. The molecule has 0 radical (unpaired) electrons. The molecule has 2 aromatic rings. The zero-order chi connectivity index (χ0) is 18.4. The molecule has 0 aliphatic heterocycles. The van der Waals surface area contributed by atoms with Gasteiger partial charge in [0.1, 0.15) is 5.75 Å². The Morgan fingerprint density at radius 2 is 2.00 bits per heavy atom. The van der Waals surface area contributed by atoms with Crippen LogP contribution in [0.25, 0.3) is 11.6 Å². The van der Waals surface area contributed by atoms with Gasteiger partial charge in [-0.3, -0.25) is 0 Å². The number of hydrogen-bond acceptors (Lipinski definition) is 2. The van der Waals surface area contributed by atoms with Crippen LogP contribution in [0.1, 0.15) is 29.5 Å². The molecule has 26 heavy (non-hydrogen) atoms. The van der Waals surface area contributed by atoms with E-state index in [1.165, 1.54) is 22.3 Å². The van der Waals surface area contributed by atoms with Crippen molar-refractivity contribution in [3.8, 4) is 18.1 Å². The molecule has 0 saturated carbocycles. The van der Waals surface area contributed by atoms with Gasteiger partial charge in [0.2, 0.25) is 0 Å². The third kappa shape index (κ3) is 4.31. The van der Waals surface area contributed by atoms with Crippen molar-refractivity contribution >= 4 is 24.3 Å². The predicted octanol–water partition coefficient (Wildman–Crippen LogP) is 5.95. The molecule has 1 aliphatic carbocycles. The number of rotatable bonds is 3. The lowest BCUT2D eigenvalue weighted by molar-refractivity contribution is 0.414. The highest BCUT2D eigenvalue weighted by Gasteiger charge is 2.16. The van der Waals surface area contributed by atoms with Gasteiger partial charge >= 0.3 is 0 Å². The third-order valence-corrected chi connectivity index (χ3v) is 5.06. The molecule has 0 N–H and O–H groups in total. The van der Waals surface area contributed by atoms with Crippen molar-refractivity contribution in [1.82, 2.24) is 0 Å². The molecule has 2 aromatic carbocycles. The second-order valence-corrected chi connectivity index (χ2v) is 6.75. The first kappa shape index (κ1) is 18.2. The second-order valence-electron chi connectivity index (χ2n) is 6.27. The molecule has 0 atom stereocenters. The summed E-state index contributed by atoms with van der Waals surface area (Å²) in [6, 6.07) is 16.8. The van der Waals surface area contributed by atoms with E-state index in [1.807, 2.05) is 18.2 Å². The molecule has 0 fully saturated rings. The molecule has 0 spiro atoms. The van der Waals surface area contributed by atoms with Crippen LogP contribution in [-0.4, -0.2) is 7.11 Å². The Balaban J connectivity index is 2.07. The first-order valence-electron chi connectivity index (χ1n) is 8.68. The fraction of sp³-hybridized carbons (Fsp3) is 0.167. The standard InChI is InChI=1S/C24H22OS/c1-3-4-12-24(26)20-14-13-19-9-5-6-11-23(19)21(17-20)15-18-8-7-10-22(16-18)25-2/h1,4-12,15-16,26H,13-14,17H2,2H3/b12-4-,21-15+,24-20+. The van der Waals surface area contributed by atoms with E-state index >= 15 is 0 Å². The minimum absolute atomic E-state index is 0.863. The summed E-state index contributed by atoms with van der Waals surface area (Å²) in [5.74, 6) is 3.41. The van der Waals surface area contributed by atoms with Gasteiger partial charge in [-0.05, 0) is 65.8 Å². The fourth-order valence-corrected chi connectivity index (χ4v) is 3.54. The van der Waals surface area contributed by atoms with Gasteiger partial charge in [-0.25, -0.2) is 0 Å². The normalized spacial score (nSPS) is 17.5. The Morgan fingerprint density at radius 3 is 2.81 bits per heavy atom. The summed E-state index contributed by atoms with van der Waals surface area (Å²) in [5, 5.41) is 0. The van der Waals surface area contributed by atoms with Crippen molar-refractivity contribution in [2.75, 3.05) is 7.11 Å². The lowest BCUT2D eigenvalue weighted by Gasteiger charge is -2.11. The molecule has 0 heterocycles. The number of aryl methyl sites for hydroxylation is 1. The average molecular weight is 359 g/mol. The van der Waals surface area contributed by atoms with Crippen LogP contribution < -0.4 is 4.74 Å². The molecular weight excluding hydrogens is 336 g/mol. The predicted molar refractivity (Wildman–Crippen MR) is 114 cm³/mol. The maximum absolute atomic E-state index is 5.36. The summed E-state index contributed by atoms with van der Waals surface area (Å²) in [7, 11) is 1.69. The zero-order valence-electron chi connectivity index (χ0n) is 14.9. The van der Waals surface area contributed by atoms with E-state index in [2.05, 4.69) is 61.0 Å². The van der Waals surface area contributed by atoms with E-state index < -0.39 is 0 Å². The van der Waals surface area contributed by atoms with E-state index in [0.717, 1.165) is 35.5 Å². The number of hydrogen-bond donors (Lipinski definition) is 1. The van der Waals surface area contributed by atoms with Crippen molar-refractivity contribution < 1.29 is 4.74 Å². The quantitative estimate of drug-likeness (QED) is 0.405. The Morgan fingerprint density at radius 1 is 1.15 bits per heavy atom. The monoisotopic (exact) mass is 358 g/mol. The summed E-state index contributed by atoms with van der Waals surface area (Å²) >= 11 is 4.68. The average Bonchev–Trinajstić information content (AvgIpc) is 2.86. The molecule has 2 heteroatoms. The lowest BCUT2D eigenvalue weighted by Crippen LogP contribution is -1.90. The minimum Gasteiger partial charge on any atom is -0.497 e. The van der Waals surface area contributed by atoms with Crippen molar-refractivity contribution in [2.24, 2.45) is 0 Å². The van der Waals surface area contributed by atoms with Crippen LogP contribution in [0.2, 0.25) is 0 Å². The Bertz CT molecular complexity index is 925. The van der Waals surface area contributed by atoms with Gasteiger partial charge in [0.15, 0.2) is 0 Å². The SMILES string of the molecule is C#C/C=C\C(S)=C1\CCc2ccccc2/C(=C/c2cccc(OC)c2)C1. The highest BCUT2D eigenvalue weighted by atomic mass is 32.1. The van der Waals surface area contributed by atoms with Crippen molar-refractivity contribution in [3.63, 3.8) is 0 Å². The molecule has 0 aromatic heterocycles. The molecule has 130 valence electrons. The van der Waals surface area contributed by atoms with Gasteiger partial charge in [0.05, 0.1) is 7.11 Å². The van der Waals surface area contributed by atoms with E-state index in [1.54, 1.807) is 13.2 Å². The van der Waals surface area contributed by atoms with Crippen LogP contribution in [0, 0.1) is 12.3 Å². The van der Waals surface area contributed by atoms with Gasteiger partial charge in [-0.2, -0.15) is 0 Å². The topological polar surface area (TPSA) is 9.23 Å². The van der Waals surface area contributed by atoms with Crippen LogP contribution in [-0.2, 0) is 6.42 Å². The van der Waals surface area contributed by atoms with E-state index in [9.17, 15) is 0 Å². The maximum atomic E-state index is 5.36. The number of methoxy groups -OCH3 is 1. The first-order chi connectivity index (χ1) is 12.7. The van der Waals surface area contributed by atoms with Gasteiger partial charge in [0.25, 0.3) is 0 Å². The van der Waals surface area contributed by atoms with Gasteiger partial charge < -0.3 is 4.74 Å². The van der Waals surface area contributed by atoms with E-state index in [0.29, 0.717) is 0 Å². The molecule has 0 unspecified atom stereocenters. The molecule has 0 saturated heterocycles.